The van der Waals surface area contributed by atoms with Gasteiger partial charge in [-0.2, -0.15) is 0 Å². The summed E-state index contributed by atoms with van der Waals surface area (Å²) in [5.74, 6) is 1.48. The molecule has 1 saturated heterocycles. The molecule has 26 heavy (non-hydrogen) atoms. The van der Waals surface area contributed by atoms with Crippen molar-refractivity contribution in [2.45, 2.75) is 18.9 Å². The van der Waals surface area contributed by atoms with E-state index in [1.165, 1.54) is 0 Å². The number of carbonyl (C=O) groups is 1. The number of ether oxygens (including phenoxy) is 4. The molecule has 136 valence electrons. The highest BCUT2D eigenvalue weighted by Crippen LogP contribution is 2.38. The molecule has 0 aliphatic carbocycles. The van der Waals surface area contributed by atoms with Crippen molar-refractivity contribution in [1.82, 2.24) is 0 Å². The molecule has 7 nitrogen and oxygen atoms in total. The van der Waals surface area contributed by atoms with Gasteiger partial charge in [0.15, 0.2) is 11.5 Å². The molecule has 2 aromatic rings. The van der Waals surface area contributed by atoms with Crippen molar-refractivity contribution in [2.75, 3.05) is 31.1 Å². The Labute approximate surface area is 151 Å². The quantitative estimate of drug-likeness (QED) is 0.801. The molecule has 0 saturated carbocycles. The molecule has 3 N–H and O–H groups in total. The maximum Gasteiger partial charge on any atom is 0.255 e. The lowest BCUT2D eigenvalue weighted by atomic mass is 10.2. The van der Waals surface area contributed by atoms with Crippen LogP contribution in [0.15, 0.2) is 36.4 Å². The van der Waals surface area contributed by atoms with Crippen LogP contribution < -0.4 is 25.3 Å². The molecule has 1 fully saturated rings. The highest BCUT2D eigenvalue weighted by atomic mass is 16.7. The first-order chi connectivity index (χ1) is 12.7. The van der Waals surface area contributed by atoms with Crippen LogP contribution >= 0.6 is 0 Å². The third-order valence-electron chi connectivity index (χ3n) is 4.35. The summed E-state index contributed by atoms with van der Waals surface area (Å²) in [5.41, 5.74) is 7.34. The average molecular weight is 356 g/mol. The van der Waals surface area contributed by atoms with E-state index in [0.29, 0.717) is 40.8 Å². The lowest BCUT2D eigenvalue weighted by Gasteiger charge is -2.13. The number of hydrogen-bond donors (Lipinski definition) is 2. The first kappa shape index (κ1) is 16.5. The van der Waals surface area contributed by atoms with Crippen molar-refractivity contribution in [2.24, 2.45) is 0 Å². The van der Waals surface area contributed by atoms with Crippen molar-refractivity contribution in [1.29, 1.82) is 0 Å². The molecule has 1 amide bonds. The smallest absolute Gasteiger partial charge is 0.255 e. The van der Waals surface area contributed by atoms with Gasteiger partial charge in [0, 0.05) is 24.3 Å². The zero-order valence-corrected chi connectivity index (χ0v) is 14.2. The summed E-state index contributed by atoms with van der Waals surface area (Å²) in [5, 5.41) is 2.80. The van der Waals surface area contributed by atoms with E-state index in [4.69, 9.17) is 24.7 Å². The number of nitrogen functional groups attached to an aromatic ring is 1. The first-order valence-corrected chi connectivity index (χ1v) is 8.54. The van der Waals surface area contributed by atoms with Gasteiger partial charge in [0.2, 0.25) is 6.79 Å². The Morgan fingerprint density at radius 2 is 2.08 bits per heavy atom. The van der Waals surface area contributed by atoms with Crippen molar-refractivity contribution in [3.63, 3.8) is 0 Å². The van der Waals surface area contributed by atoms with Crippen molar-refractivity contribution >= 4 is 17.3 Å². The Morgan fingerprint density at radius 1 is 1.23 bits per heavy atom. The number of amides is 1. The van der Waals surface area contributed by atoms with Crippen LogP contribution in [0.1, 0.15) is 23.2 Å². The number of hydrogen-bond acceptors (Lipinski definition) is 6. The SMILES string of the molecule is Nc1cc2c(cc1NC(=O)c1cccc(OCC3CCCO3)c1)OCO2. The third kappa shape index (κ3) is 3.52. The summed E-state index contributed by atoms with van der Waals surface area (Å²) < 4.78 is 21.9. The molecule has 2 aromatic carbocycles. The first-order valence-electron chi connectivity index (χ1n) is 8.54. The second kappa shape index (κ2) is 7.13. The van der Waals surface area contributed by atoms with Crippen LogP contribution in [0.2, 0.25) is 0 Å². The fourth-order valence-electron chi connectivity index (χ4n) is 2.95. The second-order valence-corrected chi connectivity index (χ2v) is 6.22. The molecule has 0 aromatic heterocycles. The molecule has 2 heterocycles. The Balaban J connectivity index is 1.44. The summed E-state index contributed by atoms with van der Waals surface area (Å²) in [6.07, 6.45) is 2.19. The summed E-state index contributed by atoms with van der Waals surface area (Å²) in [6, 6.07) is 10.3. The minimum Gasteiger partial charge on any atom is -0.491 e. The predicted octanol–water partition coefficient (Wildman–Crippen LogP) is 2.81. The molecule has 0 spiro atoms. The fourth-order valence-corrected chi connectivity index (χ4v) is 2.95. The van der Waals surface area contributed by atoms with Crippen molar-refractivity contribution < 1.29 is 23.7 Å². The second-order valence-electron chi connectivity index (χ2n) is 6.22. The van der Waals surface area contributed by atoms with E-state index in [-0.39, 0.29) is 18.8 Å². The van der Waals surface area contributed by atoms with Crippen LogP contribution in [0, 0.1) is 0 Å². The van der Waals surface area contributed by atoms with E-state index in [1.54, 1.807) is 30.3 Å². The topological polar surface area (TPSA) is 92.0 Å². The van der Waals surface area contributed by atoms with Crippen LogP contribution in [-0.4, -0.2) is 32.0 Å². The molecule has 1 unspecified atom stereocenters. The van der Waals surface area contributed by atoms with Crippen molar-refractivity contribution in [3.8, 4) is 17.2 Å². The molecule has 7 heteroatoms. The van der Waals surface area contributed by atoms with Gasteiger partial charge in [0.1, 0.15) is 12.4 Å². The lowest BCUT2D eigenvalue weighted by Crippen LogP contribution is -2.17. The van der Waals surface area contributed by atoms with Crippen LogP contribution in [-0.2, 0) is 4.74 Å². The van der Waals surface area contributed by atoms with E-state index in [0.717, 1.165) is 19.4 Å². The van der Waals surface area contributed by atoms with E-state index in [2.05, 4.69) is 5.32 Å². The maximum absolute atomic E-state index is 12.6. The van der Waals surface area contributed by atoms with Gasteiger partial charge in [0.25, 0.3) is 5.91 Å². The van der Waals surface area contributed by atoms with Crippen LogP contribution in [0.25, 0.3) is 0 Å². The van der Waals surface area contributed by atoms with Gasteiger partial charge in [-0.25, -0.2) is 0 Å². The highest BCUT2D eigenvalue weighted by Gasteiger charge is 2.19. The lowest BCUT2D eigenvalue weighted by molar-refractivity contribution is 0.0679. The predicted molar refractivity (Wildman–Crippen MR) is 95.8 cm³/mol. The number of carbonyl (C=O) groups excluding carboxylic acids is 1. The monoisotopic (exact) mass is 356 g/mol. The van der Waals surface area contributed by atoms with Gasteiger partial charge in [-0.15, -0.1) is 0 Å². The van der Waals surface area contributed by atoms with Crippen LogP contribution in [0.5, 0.6) is 17.2 Å². The summed E-state index contributed by atoms with van der Waals surface area (Å²) in [6.45, 7) is 1.42. The van der Waals surface area contributed by atoms with Gasteiger partial charge in [-0.3, -0.25) is 4.79 Å². The number of rotatable bonds is 5. The Bertz CT molecular complexity index is 818. The Morgan fingerprint density at radius 3 is 2.88 bits per heavy atom. The van der Waals surface area contributed by atoms with Crippen LogP contribution in [0.4, 0.5) is 11.4 Å². The molecular formula is C19H20N2O5. The van der Waals surface area contributed by atoms with Gasteiger partial charge >= 0.3 is 0 Å². The van der Waals surface area contributed by atoms with Crippen LogP contribution in [0.3, 0.4) is 0 Å². The molecule has 4 rings (SSSR count). The average Bonchev–Trinajstić information content (AvgIpc) is 3.32. The van der Waals surface area contributed by atoms with Gasteiger partial charge in [-0.1, -0.05) is 6.07 Å². The molecule has 0 bridgehead atoms. The molecular weight excluding hydrogens is 336 g/mol. The summed E-state index contributed by atoms with van der Waals surface area (Å²) in [4.78, 5) is 12.6. The van der Waals surface area contributed by atoms with Gasteiger partial charge < -0.3 is 30.0 Å². The number of nitrogens with one attached hydrogen (secondary N) is 1. The third-order valence-corrected chi connectivity index (χ3v) is 4.35. The van der Waals surface area contributed by atoms with Gasteiger partial charge in [-0.05, 0) is 31.0 Å². The zero-order chi connectivity index (χ0) is 17.9. The molecule has 0 radical (unpaired) electrons. The maximum atomic E-state index is 12.6. The van der Waals surface area contributed by atoms with Gasteiger partial charge in [0.05, 0.1) is 17.5 Å². The normalized spacial score (nSPS) is 17.9. The van der Waals surface area contributed by atoms with E-state index in [9.17, 15) is 4.79 Å². The molecule has 1 atom stereocenters. The molecule has 2 aliphatic heterocycles. The summed E-state index contributed by atoms with van der Waals surface area (Å²) >= 11 is 0. The largest absolute Gasteiger partial charge is 0.491 e. The minimum absolute atomic E-state index is 0.126. The highest BCUT2D eigenvalue weighted by molar-refractivity contribution is 6.06. The van der Waals surface area contributed by atoms with E-state index < -0.39 is 0 Å². The minimum atomic E-state index is -0.280. The number of nitrogens with two attached hydrogens (primary N) is 1. The van der Waals surface area contributed by atoms with Crippen molar-refractivity contribution in [3.05, 3.63) is 42.0 Å². The van der Waals surface area contributed by atoms with E-state index >= 15 is 0 Å². The number of benzene rings is 2. The standard InChI is InChI=1S/C19H20N2O5/c20-15-8-17-18(26-11-25-17)9-16(15)21-19(22)12-3-1-4-13(7-12)24-10-14-5-2-6-23-14/h1,3-4,7-9,14H,2,5-6,10-11,20H2,(H,21,22). The fraction of sp³-hybridized carbons (Fsp3) is 0.316. The summed E-state index contributed by atoms with van der Waals surface area (Å²) in [7, 11) is 0. The zero-order valence-electron chi connectivity index (χ0n) is 14.2. The Kier molecular flexibility index (Phi) is 4.53. The number of anilines is 2. The van der Waals surface area contributed by atoms with E-state index in [1.807, 2.05) is 6.07 Å². The Hall–Kier alpha value is -2.93. The number of fused-ring (bicyclic) bond motifs is 1. The molecule has 2 aliphatic rings.